The van der Waals surface area contributed by atoms with E-state index < -0.39 is 22.9 Å². The summed E-state index contributed by atoms with van der Waals surface area (Å²) >= 11 is 0. The number of aromatic nitrogens is 4. The number of nitro groups is 1. The van der Waals surface area contributed by atoms with Crippen LogP contribution in [0.1, 0.15) is 12.8 Å². The van der Waals surface area contributed by atoms with Gasteiger partial charge in [-0.15, -0.1) is 0 Å². The summed E-state index contributed by atoms with van der Waals surface area (Å²) in [5.41, 5.74) is 0.799. The van der Waals surface area contributed by atoms with Crippen LogP contribution in [0.15, 0.2) is 30.7 Å². The van der Waals surface area contributed by atoms with Crippen LogP contribution in [0.25, 0.3) is 17.2 Å². The lowest BCUT2D eigenvalue weighted by Crippen LogP contribution is -2.38. The number of anilines is 1. The summed E-state index contributed by atoms with van der Waals surface area (Å²) in [7, 11) is 0. The van der Waals surface area contributed by atoms with Crippen LogP contribution >= 0.6 is 0 Å². The number of hydrogen-bond donors (Lipinski definition) is 3. The number of carboxylic acid groups (broad SMARTS) is 1. The average Bonchev–Trinajstić information content (AvgIpc) is 3.17. The third kappa shape index (κ3) is 5.88. The number of hydrogen-bond acceptors (Lipinski definition) is 8. The van der Waals surface area contributed by atoms with Gasteiger partial charge in [-0.25, -0.2) is 24.1 Å². The van der Waals surface area contributed by atoms with Crippen molar-refractivity contribution in [2.45, 2.75) is 25.1 Å². The molecule has 0 amide bonds. The molecule has 0 saturated carbocycles. The van der Waals surface area contributed by atoms with Crippen LogP contribution in [0.2, 0.25) is 0 Å². The van der Waals surface area contributed by atoms with Crippen LogP contribution < -0.4 is 10.6 Å². The Morgan fingerprint density at radius 2 is 2.03 bits per heavy atom. The Hall–Kier alpha value is -3.88. The number of halogens is 4. The second-order valence-electron chi connectivity index (χ2n) is 6.89. The van der Waals surface area contributed by atoms with Gasteiger partial charge in [0.05, 0.1) is 11.1 Å². The van der Waals surface area contributed by atoms with Crippen molar-refractivity contribution in [2.75, 3.05) is 18.4 Å². The summed E-state index contributed by atoms with van der Waals surface area (Å²) in [6.45, 7) is 1.64. The molecule has 3 aromatic rings. The fourth-order valence-electron chi connectivity index (χ4n) is 3.03. The zero-order valence-electron chi connectivity index (χ0n) is 16.7. The zero-order valence-corrected chi connectivity index (χ0v) is 16.7. The van der Waals surface area contributed by atoms with Gasteiger partial charge in [0, 0.05) is 18.8 Å². The molecule has 0 radical (unpaired) electrons. The van der Waals surface area contributed by atoms with E-state index in [1.807, 2.05) is 0 Å². The summed E-state index contributed by atoms with van der Waals surface area (Å²) in [6.07, 6.45) is 0.752. The second kappa shape index (κ2) is 9.72. The molecule has 1 aliphatic heterocycles. The molecule has 4 heterocycles. The number of rotatable bonds is 4. The Morgan fingerprint density at radius 1 is 1.30 bits per heavy atom. The highest BCUT2D eigenvalue weighted by atomic mass is 19.4. The largest absolute Gasteiger partial charge is 0.490 e. The third-order valence-electron chi connectivity index (χ3n) is 4.54. The average molecular weight is 471 g/mol. The van der Waals surface area contributed by atoms with E-state index in [0.717, 1.165) is 19.4 Å². The van der Waals surface area contributed by atoms with Gasteiger partial charge < -0.3 is 15.7 Å². The number of aliphatic carboxylic acids is 1. The van der Waals surface area contributed by atoms with Gasteiger partial charge in [0.1, 0.15) is 23.4 Å². The molecule has 176 valence electrons. The molecule has 3 aromatic heterocycles. The monoisotopic (exact) mass is 471 g/mol. The van der Waals surface area contributed by atoms with Crippen LogP contribution in [0.5, 0.6) is 0 Å². The molecular formula is C18H17F4N7O4. The number of alkyl halides is 3. The van der Waals surface area contributed by atoms with Crippen molar-refractivity contribution in [1.29, 1.82) is 0 Å². The van der Waals surface area contributed by atoms with Gasteiger partial charge in [-0.05, 0) is 31.5 Å². The van der Waals surface area contributed by atoms with E-state index in [-0.39, 0.29) is 23.4 Å². The summed E-state index contributed by atoms with van der Waals surface area (Å²) < 4.78 is 46.8. The molecule has 4 rings (SSSR count). The number of carboxylic acids is 1. The first kappa shape index (κ1) is 23.8. The number of imidazole rings is 1. The maximum absolute atomic E-state index is 13.6. The Labute approximate surface area is 182 Å². The Balaban J connectivity index is 0.000000383. The van der Waals surface area contributed by atoms with Gasteiger partial charge in [-0.3, -0.25) is 14.5 Å². The molecule has 0 aromatic carbocycles. The van der Waals surface area contributed by atoms with E-state index in [9.17, 15) is 27.7 Å². The maximum Gasteiger partial charge on any atom is 0.490 e. The van der Waals surface area contributed by atoms with Crippen molar-refractivity contribution in [3.63, 3.8) is 0 Å². The molecule has 0 bridgehead atoms. The van der Waals surface area contributed by atoms with Crippen LogP contribution in [-0.4, -0.2) is 60.7 Å². The highest BCUT2D eigenvalue weighted by Crippen LogP contribution is 2.26. The molecule has 33 heavy (non-hydrogen) atoms. The normalized spacial score (nSPS) is 16.1. The van der Waals surface area contributed by atoms with Gasteiger partial charge in [-0.1, -0.05) is 0 Å². The quantitative estimate of drug-likeness (QED) is 0.297. The molecule has 1 aliphatic rings. The summed E-state index contributed by atoms with van der Waals surface area (Å²) in [5.74, 6) is -2.79. The predicted molar refractivity (Wildman–Crippen MR) is 106 cm³/mol. The van der Waals surface area contributed by atoms with Crippen molar-refractivity contribution in [2.24, 2.45) is 0 Å². The van der Waals surface area contributed by atoms with E-state index >= 15 is 0 Å². The molecule has 0 unspecified atom stereocenters. The molecular weight excluding hydrogens is 454 g/mol. The fourth-order valence-corrected chi connectivity index (χ4v) is 3.03. The number of pyridine rings is 1. The van der Waals surface area contributed by atoms with Gasteiger partial charge in [0.15, 0.2) is 5.82 Å². The SMILES string of the molecule is O=C(O)C(F)(F)F.O=[N+]([O-])c1cnc(-c2cnc3ccc(F)cn23)nc1N[C@@H]1CCCNC1. The van der Waals surface area contributed by atoms with Crippen LogP contribution in [0, 0.1) is 15.9 Å². The predicted octanol–water partition coefficient (Wildman–Crippen LogP) is 2.64. The van der Waals surface area contributed by atoms with E-state index in [2.05, 4.69) is 25.6 Å². The van der Waals surface area contributed by atoms with Crippen molar-refractivity contribution in [3.8, 4) is 11.5 Å². The van der Waals surface area contributed by atoms with E-state index in [1.54, 1.807) is 0 Å². The molecule has 1 saturated heterocycles. The number of piperidine rings is 1. The molecule has 0 aliphatic carbocycles. The van der Waals surface area contributed by atoms with Gasteiger partial charge in [-0.2, -0.15) is 13.2 Å². The first-order valence-electron chi connectivity index (χ1n) is 9.48. The lowest BCUT2D eigenvalue weighted by atomic mass is 10.1. The van der Waals surface area contributed by atoms with E-state index in [4.69, 9.17) is 9.90 Å². The number of carbonyl (C=O) groups is 1. The van der Waals surface area contributed by atoms with Crippen molar-refractivity contribution >= 4 is 23.1 Å². The maximum atomic E-state index is 13.6. The molecule has 11 nitrogen and oxygen atoms in total. The number of nitrogens with zero attached hydrogens (tertiary/aromatic N) is 5. The van der Waals surface area contributed by atoms with E-state index in [0.29, 0.717) is 17.9 Å². The first-order valence-corrected chi connectivity index (χ1v) is 9.48. The minimum Gasteiger partial charge on any atom is -0.475 e. The number of fused-ring (bicyclic) bond motifs is 1. The van der Waals surface area contributed by atoms with Gasteiger partial charge >= 0.3 is 17.8 Å². The van der Waals surface area contributed by atoms with Crippen LogP contribution in [0.4, 0.5) is 29.1 Å². The zero-order chi connectivity index (χ0) is 24.2. The highest BCUT2D eigenvalue weighted by Gasteiger charge is 2.38. The molecule has 0 spiro atoms. The standard InChI is InChI=1S/C16H16FN7O2.C2HF3O2/c17-10-3-4-14-19-7-12(23(14)9-10)15-20-8-13(24(25)26)16(22-15)21-11-2-1-5-18-6-11;3-2(4,5)1(6)7/h3-4,7-9,11,18H,1-2,5-6H2,(H,20,21,22);(H,6,7)/t11-;/m1./s1. The first-order chi connectivity index (χ1) is 15.6. The summed E-state index contributed by atoms with van der Waals surface area (Å²) in [6, 6.07) is 2.90. The Kier molecular flexibility index (Phi) is 7.01. The van der Waals surface area contributed by atoms with Crippen LogP contribution in [-0.2, 0) is 4.79 Å². The highest BCUT2D eigenvalue weighted by molar-refractivity contribution is 5.73. The molecule has 1 fully saturated rings. The second-order valence-corrected chi connectivity index (χ2v) is 6.89. The van der Waals surface area contributed by atoms with Crippen molar-refractivity contribution < 1.29 is 32.4 Å². The van der Waals surface area contributed by atoms with Gasteiger partial charge in [0.25, 0.3) is 0 Å². The number of nitrogens with one attached hydrogen (secondary N) is 2. The lowest BCUT2D eigenvalue weighted by Gasteiger charge is -2.24. The Bertz CT molecular complexity index is 1160. The minimum absolute atomic E-state index is 0.0461. The third-order valence-corrected chi connectivity index (χ3v) is 4.54. The lowest BCUT2D eigenvalue weighted by molar-refractivity contribution is -0.384. The molecule has 15 heteroatoms. The Morgan fingerprint density at radius 3 is 2.64 bits per heavy atom. The summed E-state index contributed by atoms with van der Waals surface area (Å²) in [4.78, 5) is 32.3. The minimum atomic E-state index is -5.08. The van der Waals surface area contributed by atoms with E-state index in [1.165, 1.54) is 35.1 Å². The molecule has 1 atom stereocenters. The van der Waals surface area contributed by atoms with Crippen molar-refractivity contribution in [3.05, 3.63) is 46.7 Å². The van der Waals surface area contributed by atoms with Crippen LogP contribution in [0.3, 0.4) is 0 Å². The smallest absolute Gasteiger partial charge is 0.475 e. The molecule has 3 N–H and O–H groups in total. The topological polar surface area (TPSA) is 148 Å². The van der Waals surface area contributed by atoms with Gasteiger partial charge in [0.2, 0.25) is 5.82 Å². The summed E-state index contributed by atoms with van der Waals surface area (Å²) in [5, 5.41) is 24.8. The fraction of sp³-hybridized carbons (Fsp3) is 0.333. The van der Waals surface area contributed by atoms with Crippen molar-refractivity contribution in [1.82, 2.24) is 24.7 Å².